The number of fused-ring (bicyclic) bond motifs is 3. The van der Waals surface area contributed by atoms with Crippen molar-refractivity contribution in [1.82, 2.24) is 14.8 Å². The summed E-state index contributed by atoms with van der Waals surface area (Å²) in [6, 6.07) is 19.2. The SMILES string of the molecule is CSc1nc2n(n1)C(c1ccc(F)cc1)C1=C(N2)c2cc(Cl)ccc2OC1c1ccc(Cl)cc1. The lowest BCUT2D eigenvalue weighted by molar-refractivity contribution is 0.223. The van der Waals surface area contributed by atoms with Gasteiger partial charge in [-0.15, -0.1) is 5.10 Å². The maximum Gasteiger partial charge on any atom is 0.227 e. The van der Waals surface area contributed by atoms with Gasteiger partial charge in [0.1, 0.15) is 23.7 Å². The van der Waals surface area contributed by atoms with Crippen LogP contribution in [0.4, 0.5) is 10.3 Å². The number of ether oxygens (including phenoxy) is 1. The van der Waals surface area contributed by atoms with Crippen LogP contribution in [-0.2, 0) is 0 Å². The molecular formula is C25H17Cl2FN4OS. The van der Waals surface area contributed by atoms with E-state index in [1.54, 1.807) is 18.2 Å². The van der Waals surface area contributed by atoms with Gasteiger partial charge in [-0.1, -0.05) is 59.2 Å². The lowest BCUT2D eigenvalue weighted by atomic mass is 9.84. The van der Waals surface area contributed by atoms with Gasteiger partial charge >= 0.3 is 0 Å². The fourth-order valence-corrected chi connectivity index (χ4v) is 5.09. The highest BCUT2D eigenvalue weighted by Crippen LogP contribution is 2.51. The van der Waals surface area contributed by atoms with Crippen molar-refractivity contribution in [2.45, 2.75) is 17.3 Å². The van der Waals surface area contributed by atoms with Gasteiger partial charge in [-0.3, -0.25) is 0 Å². The molecule has 6 rings (SSSR count). The van der Waals surface area contributed by atoms with Crippen LogP contribution in [-0.4, -0.2) is 21.0 Å². The normalized spacial score (nSPS) is 18.5. The van der Waals surface area contributed by atoms with Gasteiger partial charge in [-0.2, -0.15) is 4.98 Å². The van der Waals surface area contributed by atoms with Gasteiger partial charge in [0.2, 0.25) is 11.1 Å². The monoisotopic (exact) mass is 510 g/mol. The summed E-state index contributed by atoms with van der Waals surface area (Å²) in [4.78, 5) is 4.66. The van der Waals surface area contributed by atoms with E-state index in [9.17, 15) is 4.39 Å². The van der Waals surface area contributed by atoms with Gasteiger partial charge in [0.25, 0.3) is 0 Å². The Morgan fingerprint density at radius 1 is 0.971 bits per heavy atom. The van der Waals surface area contributed by atoms with Crippen molar-refractivity contribution < 1.29 is 9.13 Å². The highest BCUT2D eigenvalue weighted by atomic mass is 35.5. The summed E-state index contributed by atoms with van der Waals surface area (Å²) in [6.07, 6.45) is 1.48. The van der Waals surface area contributed by atoms with Crippen molar-refractivity contribution in [2.24, 2.45) is 0 Å². The Morgan fingerprint density at radius 2 is 1.68 bits per heavy atom. The first-order chi connectivity index (χ1) is 16.5. The maximum absolute atomic E-state index is 13.8. The average molecular weight is 511 g/mol. The molecule has 9 heteroatoms. The molecule has 0 bridgehead atoms. The molecule has 34 heavy (non-hydrogen) atoms. The summed E-state index contributed by atoms with van der Waals surface area (Å²) in [5, 5.41) is 10.1. The molecule has 1 N–H and O–H groups in total. The average Bonchev–Trinajstić information content (AvgIpc) is 3.27. The minimum absolute atomic E-state index is 0.304. The molecule has 2 atom stereocenters. The van der Waals surface area contributed by atoms with Crippen molar-refractivity contribution in [3.8, 4) is 5.75 Å². The number of thioether (sulfide) groups is 1. The third-order valence-corrected chi connectivity index (χ3v) is 6.98. The van der Waals surface area contributed by atoms with E-state index in [4.69, 9.17) is 33.0 Å². The third kappa shape index (κ3) is 3.55. The molecule has 1 aromatic heterocycles. The zero-order valence-corrected chi connectivity index (χ0v) is 20.1. The zero-order valence-electron chi connectivity index (χ0n) is 17.8. The number of nitrogens with zero attached hydrogens (tertiary/aromatic N) is 3. The number of hydrogen-bond donors (Lipinski definition) is 1. The second-order valence-electron chi connectivity index (χ2n) is 7.97. The van der Waals surface area contributed by atoms with Gasteiger partial charge in [0, 0.05) is 21.2 Å². The van der Waals surface area contributed by atoms with Crippen LogP contribution in [0.15, 0.2) is 77.5 Å². The Morgan fingerprint density at radius 3 is 2.41 bits per heavy atom. The van der Waals surface area contributed by atoms with Crippen molar-refractivity contribution in [1.29, 1.82) is 0 Å². The second-order valence-corrected chi connectivity index (χ2v) is 9.61. The second kappa shape index (κ2) is 8.34. The molecule has 0 saturated heterocycles. The summed E-state index contributed by atoms with van der Waals surface area (Å²) in [7, 11) is 0. The number of hydrogen-bond acceptors (Lipinski definition) is 5. The van der Waals surface area contributed by atoms with Gasteiger partial charge in [-0.05, 0) is 59.8 Å². The van der Waals surface area contributed by atoms with Gasteiger partial charge in [0.15, 0.2) is 0 Å². The van der Waals surface area contributed by atoms with E-state index in [0.29, 0.717) is 26.9 Å². The topological polar surface area (TPSA) is 52.0 Å². The van der Waals surface area contributed by atoms with Crippen LogP contribution in [0.3, 0.4) is 0 Å². The summed E-state index contributed by atoms with van der Waals surface area (Å²) in [5.41, 5.74) is 4.40. The van der Waals surface area contributed by atoms with Crippen LogP contribution in [0.5, 0.6) is 5.75 Å². The predicted octanol–water partition coefficient (Wildman–Crippen LogP) is 7.01. The van der Waals surface area contributed by atoms with Crippen LogP contribution in [0.1, 0.15) is 28.8 Å². The van der Waals surface area contributed by atoms with Crippen LogP contribution >= 0.6 is 35.0 Å². The molecule has 3 aromatic carbocycles. The molecule has 0 fully saturated rings. The first-order valence-corrected chi connectivity index (χ1v) is 12.5. The maximum atomic E-state index is 13.8. The highest BCUT2D eigenvalue weighted by Gasteiger charge is 2.41. The number of anilines is 1. The third-order valence-electron chi connectivity index (χ3n) is 5.96. The zero-order chi connectivity index (χ0) is 23.4. The highest BCUT2D eigenvalue weighted by molar-refractivity contribution is 7.98. The smallest absolute Gasteiger partial charge is 0.227 e. The van der Waals surface area contributed by atoms with E-state index in [1.807, 2.05) is 47.3 Å². The molecular weight excluding hydrogens is 494 g/mol. The molecule has 2 unspecified atom stereocenters. The first-order valence-electron chi connectivity index (χ1n) is 10.5. The summed E-state index contributed by atoms with van der Waals surface area (Å²) < 4.78 is 22.2. The molecule has 2 aliphatic heterocycles. The fourth-order valence-electron chi connectivity index (χ4n) is 4.45. The molecule has 170 valence electrons. The first kappa shape index (κ1) is 21.5. The summed E-state index contributed by atoms with van der Waals surface area (Å²) in [6.45, 7) is 0. The predicted molar refractivity (Wildman–Crippen MR) is 133 cm³/mol. The van der Waals surface area contributed by atoms with E-state index >= 15 is 0 Å². The summed E-state index contributed by atoms with van der Waals surface area (Å²) in [5.74, 6) is 0.994. The number of halogens is 3. The van der Waals surface area contributed by atoms with E-state index in [-0.39, 0.29) is 11.9 Å². The number of aromatic nitrogens is 3. The fraction of sp³-hybridized carbons (Fsp3) is 0.120. The Kier molecular flexibility index (Phi) is 5.28. The molecule has 2 aliphatic rings. The molecule has 0 amide bonds. The van der Waals surface area contributed by atoms with Crippen LogP contribution < -0.4 is 10.1 Å². The molecule has 0 saturated carbocycles. The van der Waals surface area contributed by atoms with Gasteiger partial charge < -0.3 is 10.1 Å². The molecule has 0 aliphatic carbocycles. The number of nitrogens with one attached hydrogen (secondary N) is 1. The lowest BCUT2D eigenvalue weighted by Gasteiger charge is -2.39. The Balaban J connectivity index is 1.63. The van der Waals surface area contributed by atoms with Gasteiger partial charge in [0.05, 0.1) is 5.70 Å². The minimum Gasteiger partial charge on any atom is -0.480 e. The van der Waals surface area contributed by atoms with E-state index in [1.165, 1.54) is 23.9 Å². The quantitative estimate of drug-likeness (QED) is 0.300. The molecule has 5 nitrogen and oxygen atoms in total. The molecule has 0 spiro atoms. The Hall–Kier alpha value is -3.00. The molecule has 0 radical (unpaired) electrons. The number of rotatable bonds is 3. The standard InChI is InChI=1S/C25H17Cl2FN4OS/c1-34-25-30-24-29-21-18-12-16(27)8-11-19(18)33-23(14-2-6-15(26)7-3-14)20(21)22(32(24)31-25)13-4-9-17(28)10-5-13/h2-12,22-23H,1H3,(H,29,30,31). The van der Waals surface area contributed by atoms with Crippen LogP contribution in [0.25, 0.3) is 5.70 Å². The van der Waals surface area contributed by atoms with E-state index in [0.717, 1.165) is 28.0 Å². The van der Waals surface area contributed by atoms with Gasteiger partial charge in [-0.25, -0.2) is 9.07 Å². The minimum atomic E-state index is -0.446. The summed E-state index contributed by atoms with van der Waals surface area (Å²) >= 11 is 14.0. The largest absolute Gasteiger partial charge is 0.480 e. The molecule has 3 heterocycles. The van der Waals surface area contributed by atoms with E-state index < -0.39 is 6.10 Å². The van der Waals surface area contributed by atoms with Crippen LogP contribution in [0, 0.1) is 5.82 Å². The Labute approximate surface area is 209 Å². The Bertz CT molecular complexity index is 1440. The van der Waals surface area contributed by atoms with Crippen LogP contribution in [0.2, 0.25) is 10.0 Å². The lowest BCUT2D eigenvalue weighted by Crippen LogP contribution is -2.32. The molecule has 4 aromatic rings. The van der Waals surface area contributed by atoms with Crippen molar-refractivity contribution in [2.75, 3.05) is 11.6 Å². The van der Waals surface area contributed by atoms with Crippen molar-refractivity contribution in [3.63, 3.8) is 0 Å². The van der Waals surface area contributed by atoms with E-state index in [2.05, 4.69) is 10.3 Å². The van der Waals surface area contributed by atoms with Crippen molar-refractivity contribution >= 4 is 46.6 Å². The number of benzene rings is 3. The van der Waals surface area contributed by atoms with Crippen molar-refractivity contribution in [3.05, 3.63) is 105 Å².